The third kappa shape index (κ3) is 10.5. The van der Waals surface area contributed by atoms with Gasteiger partial charge in [0, 0.05) is 25.9 Å². The van der Waals surface area contributed by atoms with Gasteiger partial charge < -0.3 is 18.3 Å². The average molecular weight is 276 g/mol. The number of hydrogen-bond acceptors (Lipinski definition) is 5. The first-order valence-electron chi connectivity index (χ1n) is 6.34. The van der Waals surface area contributed by atoms with E-state index < -0.39 is 15.3 Å². The summed E-state index contributed by atoms with van der Waals surface area (Å²) in [5.41, 5.74) is 0. The normalized spacial score (nSPS) is 10.6. The van der Waals surface area contributed by atoms with Gasteiger partial charge in [-0.05, 0) is 26.3 Å². The van der Waals surface area contributed by atoms with E-state index in [1.165, 1.54) is 0 Å². The maximum atomic E-state index is 10.7. The molecule has 0 bridgehead atoms. The first-order chi connectivity index (χ1) is 8.74. The van der Waals surface area contributed by atoms with Crippen LogP contribution in [-0.2, 0) is 23.1 Å². The van der Waals surface area contributed by atoms with Crippen molar-refractivity contribution in [2.24, 2.45) is 0 Å². The standard InChI is InChI=1S/C12H24O5Si/c1-4-12(13)15-10-9-14-8-7-11-18(16-5-2)17-6-3/h4,18H,1,5-11H2,2-3H3. The Balaban J connectivity index is 3.37. The fourth-order valence-electron chi connectivity index (χ4n) is 1.30. The van der Waals surface area contributed by atoms with Crippen LogP contribution in [-0.4, -0.2) is 48.3 Å². The molecule has 0 spiro atoms. The van der Waals surface area contributed by atoms with Crippen molar-refractivity contribution < 1.29 is 23.1 Å². The van der Waals surface area contributed by atoms with Gasteiger partial charge in [-0.2, -0.15) is 0 Å². The van der Waals surface area contributed by atoms with Gasteiger partial charge in [0.1, 0.15) is 6.61 Å². The Morgan fingerprint density at radius 2 is 1.83 bits per heavy atom. The Hall–Kier alpha value is -0.693. The summed E-state index contributed by atoms with van der Waals surface area (Å²) in [6.07, 6.45) is 2.05. The van der Waals surface area contributed by atoms with E-state index in [2.05, 4.69) is 6.58 Å². The molecule has 0 fully saturated rings. The molecule has 0 rings (SSSR count). The van der Waals surface area contributed by atoms with E-state index in [-0.39, 0.29) is 6.61 Å². The molecule has 0 unspecified atom stereocenters. The highest BCUT2D eigenvalue weighted by atomic mass is 28.3. The summed E-state index contributed by atoms with van der Waals surface area (Å²) in [5, 5.41) is 0. The summed E-state index contributed by atoms with van der Waals surface area (Å²) in [5.74, 6) is -0.418. The number of esters is 1. The molecule has 106 valence electrons. The minimum absolute atomic E-state index is 0.266. The molecule has 6 heteroatoms. The van der Waals surface area contributed by atoms with E-state index >= 15 is 0 Å². The number of carbonyl (C=O) groups excluding carboxylic acids is 1. The monoisotopic (exact) mass is 276 g/mol. The summed E-state index contributed by atoms with van der Waals surface area (Å²) in [6, 6.07) is 0.939. The highest BCUT2D eigenvalue weighted by Crippen LogP contribution is 2.02. The van der Waals surface area contributed by atoms with Crippen LogP contribution in [0.1, 0.15) is 20.3 Å². The van der Waals surface area contributed by atoms with Gasteiger partial charge in [-0.25, -0.2) is 4.79 Å². The Kier molecular flexibility index (Phi) is 12.3. The lowest BCUT2D eigenvalue weighted by Gasteiger charge is -2.14. The second-order valence-electron chi connectivity index (χ2n) is 3.47. The number of hydrogen-bond donors (Lipinski definition) is 0. The van der Waals surface area contributed by atoms with Crippen LogP contribution in [0.15, 0.2) is 12.7 Å². The van der Waals surface area contributed by atoms with E-state index in [1.807, 2.05) is 13.8 Å². The maximum Gasteiger partial charge on any atom is 0.330 e. The van der Waals surface area contributed by atoms with Crippen molar-refractivity contribution in [1.29, 1.82) is 0 Å². The molecular formula is C12H24O5Si. The third-order valence-electron chi connectivity index (χ3n) is 2.07. The summed E-state index contributed by atoms with van der Waals surface area (Å²) >= 11 is 0. The van der Waals surface area contributed by atoms with E-state index in [4.69, 9.17) is 18.3 Å². The quantitative estimate of drug-likeness (QED) is 0.233. The SMILES string of the molecule is C=CC(=O)OCCOCCC[SiH](OCC)OCC. The summed E-state index contributed by atoms with van der Waals surface area (Å²) in [7, 11) is -1.49. The largest absolute Gasteiger partial charge is 0.460 e. The minimum Gasteiger partial charge on any atom is -0.460 e. The number of ether oxygens (including phenoxy) is 2. The minimum atomic E-state index is -1.49. The molecule has 0 aromatic carbocycles. The van der Waals surface area contributed by atoms with Crippen LogP contribution in [0, 0.1) is 0 Å². The fourth-order valence-corrected chi connectivity index (χ4v) is 2.97. The van der Waals surface area contributed by atoms with Crippen molar-refractivity contribution >= 4 is 15.3 Å². The van der Waals surface area contributed by atoms with Gasteiger partial charge in [-0.1, -0.05) is 6.58 Å². The number of rotatable bonds is 12. The van der Waals surface area contributed by atoms with E-state index in [9.17, 15) is 4.79 Å². The molecule has 0 N–H and O–H groups in total. The van der Waals surface area contributed by atoms with Gasteiger partial charge >= 0.3 is 15.3 Å². The molecule has 0 amide bonds. The lowest BCUT2D eigenvalue weighted by Crippen LogP contribution is -2.23. The van der Waals surface area contributed by atoms with Crippen molar-refractivity contribution in [3.63, 3.8) is 0 Å². The first-order valence-corrected chi connectivity index (χ1v) is 8.10. The zero-order chi connectivity index (χ0) is 13.6. The summed E-state index contributed by atoms with van der Waals surface area (Å²) in [4.78, 5) is 10.7. The van der Waals surface area contributed by atoms with Crippen molar-refractivity contribution in [2.75, 3.05) is 33.0 Å². The van der Waals surface area contributed by atoms with Crippen LogP contribution in [0.5, 0.6) is 0 Å². The van der Waals surface area contributed by atoms with Gasteiger partial charge in [-0.3, -0.25) is 0 Å². The Morgan fingerprint density at radius 1 is 1.17 bits per heavy atom. The molecule has 0 heterocycles. The van der Waals surface area contributed by atoms with Crippen molar-refractivity contribution in [3.8, 4) is 0 Å². The van der Waals surface area contributed by atoms with Crippen molar-refractivity contribution in [1.82, 2.24) is 0 Å². The molecule has 0 saturated carbocycles. The smallest absolute Gasteiger partial charge is 0.330 e. The maximum absolute atomic E-state index is 10.7. The summed E-state index contributed by atoms with van der Waals surface area (Å²) < 4.78 is 21.2. The molecule has 0 saturated heterocycles. The van der Waals surface area contributed by atoms with Crippen LogP contribution >= 0.6 is 0 Å². The molecule has 0 aromatic heterocycles. The molecule has 0 aliphatic rings. The Bertz CT molecular complexity index is 217. The Labute approximate surface area is 111 Å². The van der Waals surface area contributed by atoms with Gasteiger partial charge in [0.2, 0.25) is 0 Å². The van der Waals surface area contributed by atoms with Gasteiger partial charge in [-0.15, -0.1) is 0 Å². The molecule has 0 aliphatic heterocycles. The zero-order valence-electron chi connectivity index (χ0n) is 11.4. The van der Waals surface area contributed by atoms with Crippen LogP contribution in [0.2, 0.25) is 6.04 Å². The third-order valence-corrected chi connectivity index (χ3v) is 4.36. The zero-order valence-corrected chi connectivity index (χ0v) is 12.5. The van der Waals surface area contributed by atoms with Crippen molar-refractivity contribution in [2.45, 2.75) is 26.3 Å². The molecule has 0 aliphatic carbocycles. The fraction of sp³-hybridized carbons (Fsp3) is 0.750. The van der Waals surface area contributed by atoms with Gasteiger partial charge in [0.15, 0.2) is 0 Å². The average Bonchev–Trinajstić information content (AvgIpc) is 2.37. The van der Waals surface area contributed by atoms with Gasteiger partial charge in [0.25, 0.3) is 0 Å². The Morgan fingerprint density at radius 3 is 2.39 bits per heavy atom. The topological polar surface area (TPSA) is 54.0 Å². The molecule has 0 radical (unpaired) electrons. The second kappa shape index (κ2) is 12.8. The van der Waals surface area contributed by atoms with Crippen LogP contribution < -0.4 is 0 Å². The molecule has 5 nitrogen and oxygen atoms in total. The highest BCUT2D eigenvalue weighted by Gasteiger charge is 2.11. The molecule has 0 aromatic rings. The highest BCUT2D eigenvalue weighted by molar-refractivity contribution is 6.44. The predicted octanol–water partition coefficient (Wildman–Crippen LogP) is 1.42. The lowest BCUT2D eigenvalue weighted by atomic mass is 10.5. The van der Waals surface area contributed by atoms with Crippen molar-refractivity contribution in [3.05, 3.63) is 12.7 Å². The van der Waals surface area contributed by atoms with Crippen LogP contribution in [0.3, 0.4) is 0 Å². The predicted molar refractivity (Wildman–Crippen MR) is 71.8 cm³/mol. The summed E-state index contributed by atoms with van der Waals surface area (Å²) in [6.45, 7) is 9.98. The van der Waals surface area contributed by atoms with E-state index in [0.29, 0.717) is 26.4 Å². The second-order valence-corrected chi connectivity index (χ2v) is 5.57. The van der Waals surface area contributed by atoms with Crippen LogP contribution in [0.25, 0.3) is 0 Å². The first kappa shape index (κ1) is 17.3. The lowest BCUT2D eigenvalue weighted by molar-refractivity contribution is -0.139. The van der Waals surface area contributed by atoms with Crippen LogP contribution in [0.4, 0.5) is 0 Å². The molecular weight excluding hydrogens is 252 g/mol. The van der Waals surface area contributed by atoms with E-state index in [0.717, 1.165) is 18.5 Å². The molecule has 18 heavy (non-hydrogen) atoms. The van der Waals surface area contributed by atoms with E-state index in [1.54, 1.807) is 0 Å². The number of carbonyl (C=O) groups is 1. The van der Waals surface area contributed by atoms with Gasteiger partial charge in [0.05, 0.1) is 6.61 Å². The molecule has 0 atom stereocenters.